The molecule has 2 aromatic rings. The summed E-state index contributed by atoms with van der Waals surface area (Å²) in [4.78, 5) is 9.52. The van der Waals surface area contributed by atoms with Gasteiger partial charge in [0.2, 0.25) is 0 Å². The highest BCUT2D eigenvalue weighted by atomic mass is 32.2. The molecule has 0 saturated heterocycles. The average Bonchev–Trinajstić information content (AvgIpc) is 2.37. The number of rotatable bonds is 4. The predicted octanol–water partition coefficient (Wildman–Crippen LogP) is 2.12. The smallest absolute Gasteiger partial charge is 0.291 e. The van der Waals surface area contributed by atoms with Crippen LogP contribution in [0.3, 0.4) is 0 Å². The zero-order valence-corrected chi connectivity index (χ0v) is 11.3. The Kier molecular flexibility index (Phi) is 3.76. The molecule has 0 atom stereocenters. The standard InChI is InChI=1S/C12H10FN3O4S/c13-8-2-1-3-10(6-8)15-21(19,20)12-5-4-9(14)7-11(12)16(17)18/h1-7,15H,14H2. The van der Waals surface area contributed by atoms with Crippen molar-refractivity contribution in [2.24, 2.45) is 0 Å². The molecule has 2 rings (SSSR count). The van der Waals surface area contributed by atoms with Crippen LogP contribution in [0.1, 0.15) is 0 Å². The number of hydrogen-bond acceptors (Lipinski definition) is 5. The first kappa shape index (κ1) is 14.7. The van der Waals surface area contributed by atoms with Gasteiger partial charge in [-0.2, -0.15) is 0 Å². The number of hydrogen-bond donors (Lipinski definition) is 2. The van der Waals surface area contributed by atoms with Gasteiger partial charge in [-0.15, -0.1) is 0 Å². The fourth-order valence-electron chi connectivity index (χ4n) is 1.67. The van der Waals surface area contributed by atoms with Gasteiger partial charge < -0.3 is 5.73 Å². The summed E-state index contributed by atoms with van der Waals surface area (Å²) in [6.45, 7) is 0. The Bertz CT molecular complexity index is 808. The largest absolute Gasteiger partial charge is 0.399 e. The quantitative estimate of drug-likeness (QED) is 0.510. The van der Waals surface area contributed by atoms with Gasteiger partial charge in [0.15, 0.2) is 4.90 Å². The minimum absolute atomic E-state index is 0.0406. The van der Waals surface area contributed by atoms with Crippen LogP contribution in [0.5, 0.6) is 0 Å². The van der Waals surface area contributed by atoms with Gasteiger partial charge in [0, 0.05) is 11.8 Å². The second-order valence-electron chi connectivity index (χ2n) is 4.10. The summed E-state index contributed by atoms with van der Waals surface area (Å²) in [6.07, 6.45) is 0. The van der Waals surface area contributed by atoms with Crippen molar-refractivity contribution in [2.45, 2.75) is 4.90 Å². The third-order valence-electron chi connectivity index (χ3n) is 2.55. The number of sulfonamides is 1. The van der Waals surface area contributed by atoms with Crippen LogP contribution in [0, 0.1) is 15.9 Å². The Morgan fingerprint density at radius 2 is 1.90 bits per heavy atom. The topological polar surface area (TPSA) is 115 Å². The van der Waals surface area contributed by atoms with Crippen LogP contribution in [-0.2, 0) is 10.0 Å². The Balaban J connectivity index is 2.47. The van der Waals surface area contributed by atoms with Crippen molar-refractivity contribution in [1.29, 1.82) is 0 Å². The minimum Gasteiger partial charge on any atom is -0.399 e. The highest BCUT2D eigenvalue weighted by Crippen LogP contribution is 2.27. The molecule has 3 N–H and O–H groups in total. The van der Waals surface area contributed by atoms with Crippen LogP contribution in [0.25, 0.3) is 0 Å². The van der Waals surface area contributed by atoms with Crippen molar-refractivity contribution in [3.8, 4) is 0 Å². The third kappa shape index (κ3) is 3.26. The van der Waals surface area contributed by atoms with E-state index >= 15 is 0 Å². The van der Waals surface area contributed by atoms with Gasteiger partial charge in [0.25, 0.3) is 15.7 Å². The molecule has 0 spiro atoms. The van der Waals surface area contributed by atoms with E-state index in [0.29, 0.717) is 0 Å². The highest BCUT2D eigenvalue weighted by Gasteiger charge is 2.26. The molecule has 0 radical (unpaired) electrons. The lowest BCUT2D eigenvalue weighted by Crippen LogP contribution is -2.15. The fraction of sp³-hybridized carbons (Fsp3) is 0. The SMILES string of the molecule is Nc1ccc(S(=O)(=O)Nc2cccc(F)c2)c([N+](=O)[O-])c1. The van der Waals surface area contributed by atoms with Crippen molar-refractivity contribution in [3.05, 3.63) is 58.4 Å². The summed E-state index contributed by atoms with van der Waals surface area (Å²) in [7, 11) is -4.24. The lowest BCUT2D eigenvalue weighted by Gasteiger charge is -2.09. The van der Waals surface area contributed by atoms with E-state index in [4.69, 9.17) is 5.73 Å². The number of nitro benzene ring substituents is 1. The van der Waals surface area contributed by atoms with E-state index in [1.807, 2.05) is 0 Å². The maximum Gasteiger partial charge on any atom is 0.291 e. The fourth-order valence-corrected chi connectivity index (χ4v) is 2.87. The number of nitrogens with zero attached hydrogens (tertiary/aromatic N) is 1. The van der Waals surface area contributed by atoms with Crippen LogP contribution in [0.4, 0.5) is 21.5 Å². The van der Waals surface area contributed by atoms with Crippen molar-refractivity contribution in [2.75, 3.05) is 10.5 Å². The van der Waals surface area contributed by atoms with Gasteiger partial charge in [0.1, 0.15) is 5.82 Å². The molecule has 9 heteroatoms. The van der Waals surface area contributed by atoms with E-state index < -0.39 is 31.3 Å². The van der Waals surface area contributed by atoms with Crippen LogP contribution < -0.4 is 10.5 Å². The second kappa shape index (κ2) is 5.37. The molecule has 0 unspecified atom stereocenters. The molecule has 0 bridgehead atoms. The van der Waals surface area contributed by atoms with Crippen molar-refractivity contribution in [1.82, 2.24) is 0 Å². The first-order valence-corrected chi connectivity index (χ1v) is 7.10. The molecule has 110 valence electrons. The molecule has 0 heterocycles. The van der Waals surface area contributed by atoms with Crippen LogP contribution in [0.2, 0.25) is 0 Å². The van der Waals surface area contributed by atoms with Gasteiger partial charge >= 0.3 is 0 Å². The number of halogens is 1. The molecular formula is C12H10FN3O4S. The van der Waals surface area contributed by atoms with Gasteiger partial charge in [-0.05, 0) is 30.3 Å². The predicted molar refractivity (Wildman–Crippen MR) is 74.7 cm³/mol. The number of nitro groups is 1. The van der Waals surface area contributed by atoms with E-state index in [0.717, 1.165) is 24.3 Å². The number of nitrogens with one attached hydrogen (secondary N) is 1. The maximum absolute atomic E-state index is 13.0. The number of nitrogen functional groups attached to an aromatic ring is 1. The van der Waals surface area contributed by atoms with Crippen molar-refractivity contribution >= 4 is 27.1 Å². The molecule has 0 saturated carbocycles. The summed E-state index contributed by atoms with van der Waals surface area (Å²) in [5.41, 5.74) is 4.78. The number of nitrogens with two attached hydrogens (primary N) is 1. The molecule has 0 aliphatic rings. The van der Waals surface area contributed by atoms with Crippen LogP contribution in [-0.4, -0.2) is 13.3 Å². The minimum atomic E-state index is -4.24. The summed E-state index contributed by atoms with van der Waals surface area (Å²) in [5, 5.41) is 10.9. The molecule has 2 aromatic carbocycles. The Morgan fingerprint density at radius 3 is 2.52 bits per heavy atom. The second-order valence-corrected chi connectivity index (χ2v) is 5.75. The Morgan fingerprint density at radius 1 is 1.19 bits per heavy atom. The average molecular weight is 311 g/mol. The summed E-state index contributed by atoms with van der Waals surface area (Å²) in [5.74, 6) is -0.637. The molecule has 7 nitrogen and oxygen atoms in total. The van der Waals surface area contributed by atoms with E-state index in [9.17, 15) is 22.9 Å². The van der Waals surface area contributed by atoms with E-state index in [-0.39, 0.29) is 11.4 Å². The molecule has 0 amide bonds. The molecule has 0 aliphatic carbocycles. The highest BCUT2D eigenvalue weighted by molar-refractivity contribution is 7.92. The molecule has 21 heavy (non-hydrogen) atoms. The molecular weight excluding hydrogens is 301 g/mol. The van der Waals surface area contributed by atoms with Gasteiger partial charge in [-0.1, -0.05) is 6.07 Å². The summed E-state index contributed by atoms with van der Waals surface area (Å²) >= 11 is 0. The van der Waals surface area contributed by atoms with Gasteiger partial charge in [-0.25, -0.2) is 12.8 Å². The summed E-state index contributed by atoms with van der Waals surface area (Å²) < 4.78 is 39.5. The Hall–Kier alpha value is -2.68. The third-order valence-corrected chi connectivity index (χ3v) is 3.97. The van der Waals surface area contributed by atoms with Crippen LogP contribution in [0.15, 0.2) is 47.4 Å². The van der Waals surface area contributed by atoms with Gasteiger partial charge in [-0.3, -0.25) is 14.8 Å². The first-order chi connectivity index (χ1) is 9.79. The van der Waals surface area contributed by atoms with E-state index in [2.05, 4.69) is 4.72 Å². The number of benzene rings is 2. The van der Waals surface area contributed by atoms with Crippen LogP contribution >= 0.6 is 0 Å². The maximum atomic E-state index is 13.0. The first-order valence-electron chi connectivity index (χ1n) is 5.62. The lowest BCUT2D eigenvalue weighted by molar-refractivity contribution is -0.387. The molecule has 0 aliphatic heterocycles. The van der Waals surface area contributed by atoms with Gasteiger partial charge in [0.05, 0.1) is 10.6 Å². The molecule has 0 aromatic heterocycles. The zero-order chi connectivity index (χ0) is 15.6. The normalized spacial score (nSPS) is 11.1. The molecule has 0 fully saturated rings. The van der Waals surface area contributed by atoms with E-state index in [1.165, 1.54) is 18.2 Å². The monoisotopic (exact) mass is 311 g/mol. The number of anilines is 2. The Labute approximate surface area is 119 Å². The zero-order valence-electron chi connectivity index (χ0n) is 10.5. The van der Waals surface area contributed by atoms with Crippen molar-refractivity contribution in [3.63, 3.8) is 0 Å². The summed E-state index contributed by atoms with van der Waals surface area (Å²) in [6, 6.07) is 7.93. The van der Waals surface area contributed by atoms with Crippen molar-refractivity contribution < 1.29 is 17.7 Å². The lowest BCUT2D eigenvalue weighted by atomic mass is 10.3. The van der Waals surface area contributed by atoms with E-state index in [1.54, 1.807) is 0 Å².